The van der Waals surface area contributed by atoms with Crippen LogP contribution in [-0.2, 0) is 24.1 Å². The second-order valence-electron chi connectivity index (χ2n) is 7.44. The van der Waals surface area contributed by atoms with Gasteiger partial charge in [0.2, 0.25) is 0 Å². The second kappa shape index (κ2) is 8.27. The highest BCUT2D eigenvalue weighted by Crippen LogP contribution is 2.43. The van der Waals surface area contributed by atoms with Gasteiger partial charge in [0.25, 0.3) is 0 Å². The van der Waals surface area contributed by atoms with Gasteiger partial charge in [-0.05, 0) is 49.1 Å². The van der Waals surface area contributed by atoms with E-state index in [0.29, 0.717) is 30.1 Å². The molecule has 1 aliphatic rings. The fraction of sp³-hybridized carbons (Fsp3) is 0.320. The minimum Gasteiger partial charge on any atom is -0.493 e. The molecule has 5 heteroatoms. The number of fused-ring (bicyclic) bond motifs is 3. The van der Waals surface area contributed by atoms with Gasteiger partial charge in [-0.25, -0.2) is 4.79 Å². The lowest BCUT2D eigenvalue weighted by atomic mass is 9.93. The number of aromatic nitrogens is 1. The molecule has 0 bridgehead atoms. The lowest BCUT2D eigenvalue weighted by molar-refractivity contribution is 0.0526. The zero-order valence-electron chi connectivity index (χ0n) is 18.0. The Hall–Kier alpha value is -3.21. The number of ether oxygens (including phenoxy) is 3. The Morgan fingerprint density at radius 3 is 2.43 bits per heavy atom. The Balaban J connectivity index is 1.95. The highest BCUT2D eigenvalue weighted by Gasteiger charge is 2.31. The average molecular weight is 405 g/mol. The van der Waals surface area contributed by atoms with E-state index in [1.807, 2.05) is 37.3 Å². The number of hydrogen-bond donors (Lipinski definition) is 0. The van der Waals surface area contributed by atoms with Crippen molar-refractivity contribution >= 4 is 5.97 Å². The van der Waals surface area contributed by atoms with Crippen molar-refractivity contribution in [3.63, 3.8) is 0 Å². The van der Waals surface area contributed by atoms with Crippen molar-refractivity contribution in [1.29, 1.82) is 0 Å². The smallest absolute Gasteiger partial charge is 0.340 e. The first-order chi connectivity index (χ1) is 14.6. The largest absolute Gasteiger partial charge is 0.493 e. The maximum Gasteiger partial charge on any atom is 0.340 e. The van der Waals surface area contributed by atoms with E-state index in [1.54, 1.807) is 14.2 Å². The number of carbonyl (C=O) groups is 1. The minimum atomic E-state index is -0.275. The number of nitrogens with zero attached hydrogens (tertiary/aromatic N) is 1. The summed E-state index contributed by atoms with van der Waals surface area (Å²) in [7, 11) is 3.27. The lowest BCUT2D eigenvalue weighted by Crippen LogP contribution is -2.15. The van der Waals surface area contributed by atoms with Crippen LogP contribution in [0.1, 0.15) is 39.7 Å². The van der Waals surface area contributed by atoms with Gasteiger partial charge in [0, 0.05) is 24.2 Å². The number of hydrogen-bond acceptors (Lipinski definition) is 4. The molecule has 0 saturated carbocycles. The van der Waals surface area contributed by atoms with E-state index >= 15 is 0 Å². The molecule has 0 unspecified atom stereocenters. The predicted molar refractivity (Wildman–Crippen MR) is 117 cm³/mol. The number of benzene rings is 2. The Labute approximate surface area is 177 Å². The second-order valence-corrected chi connectivity index (χ2v) is 7.44. The van der Waals surface area contributed by atoms with Crippen molar-refractivity contribution in [2.45, 2.75) is 33.2 Å². The van der Waals surface area contributed by atoms with Gasteiger partial charge in [-0.15, -0.1) is 0 Å². The van der Waals surface area contributed by atoms with Crippen LogP contribution in [0.4, 0.5) is 0 Å². The number of esters is 1. The summed E-state index contributed by atoms with van der Waals surface area (Å²) in [5.74, 6) is 1.08. The van der Waals surface area contributed by atoms with Crippen molar-refractivity contribution in [3.05, 3.63) is 70.4 Å². The first-order valence-corrected chi connectivity index (χ1v) is 10.3. The molecule has 0 saturated heterocycles. The monoisotopic (exact) mass is 405 g/mol. The van der Waals surface area contributed by atoms with Gasteiger partial charge < -0.3 is 18.8 Å². The van der Waals surface area contributed by atoms with Crippen LogP contribution in [0.2, 0.25) is 0 Å². The Morgan fingerprint density at radius 2 is 1.77 bits per heavy atom. The summed E-state index contributed by atoms with van der Waals surface area (Å²) in [6.07, 6.45) is 1.55. The molecule has 0 aliphatic carbocycles. The van der Waals surface area contributed by atoms with E-state index in [0.717, 1.165) is 41.0 Å². The maximum absolute atomic E-state index is 13.1. The first kappa shape index (κ1) is 20.1. The van der Waals surface area contributed by atoms with Crippen molar-refractivity contribution < 1.29 is 19.0 Å². The van der Waals surface area contributed by atoms with Crippen LogP contribution in [-0.4, -0.2) is 31.4 Å². The summed E-state index contributed by atoms with van der Waals surface area (Å²) in [5.41, 5.74) is 7.03. The molecule has 0 fully saturated rings. The molecule has 3 aromatic rings. The van der Waals surface area contributed by atoms with Crippen LogP contribution in [0.25, 0.3) is 11.3 Å². The molecule has 5 nitrogen and oxygen atoms in total. The minimum absolute atomic E-state index is 0.275. The summed E-state index contributed by atoms with van der Waals surface area (Å²) in [6.45, 7) is 5.08. The van der Waals surface area contributed by atoms with Gasteiger partial charge in [-0.1, -0.05) is 30.3 Å². The molecule has 0 spiro atoms. The zero-order valence-corrected chi connectivity index (χ0v) is 18.0. The number of aryl methyl sites for hydroxylation is 1. The zero-order chi connectivity index (χ0) is 21.3. The molecule has 2 aromatic carbocycles. The normalized spacial score (nSPS) is 12.1. The van der Waals surface area contributed by atoms with Crippen LogP contribution in [0.5, 0.6) is 11.5 Å². The summed E-state index contributed by atoms with van der Waals surface area (Å²) >= 11 is 0. The van der Waals surface area contributed by atoms with E-state index in [9.17, 15) is 4.79 Å². The van der Waals surface area contributed by atoms with Crippen molar-refractivity contribution in [2.24, 2.45) is 0 Å². The van der Waals surface area contributed by atoms with E-state index in [2.05, 4.69) is 23.6 Å². The Bertz CT molecular complexity index is 1080. The Morgan fingerprint density at radius 1 is 1.07 bits per heavy atom. The van der Waals surface area contributed by atoms with Crippen LogP contribution in [0, 0.1) is 6.92 Å². The van der Waals surface area contributed by atoms with Gasteiger partial charge in [0.15, 0.2) is 11.5 Å². The molecular weight excluding hydrogens is 378 g/mol. The van der Waals surface area contributed by atoms with Gasteiger partial charge in [-0.2, -0.15) is 0 Å². The summed E-state index contributed by atoms with van der Waals surface area (Å²) in [4.78, 5) is 13.1. The SMILES string of the molecule is CCOC(=O)c1c(Cc2ccccc2)c(C)n2c1-c1cc(OC)c(OC)cc1CC2. The van der Waals surface area contributed by atoms with Crippen LogP contribution in [0.15, 0.2) is 42.5 Å². The van der Waals surface area contributed by atoms with Crippen LogP contribution < -0.4 is 9.47 Å². The maximum atomic E-state index is 13.1. The molecule has 30 heavy (non-hydrogen) atoms. The fourth-order valence-electron chi connectivity index (χ4n) is 4.37. The van der Waals surface area contributed by atoms with Crippen molar-refractivity contribution in [3.8, 4) is 22.8 Å². The summed E-state index contributed by atoms with van der Waals surface area (Å²) in [5, 5.41) is 0. The van der Waals surface area contributed by atoms with Gasteiger partial charge in [0.1, 0.15) is 0 Å². The molecule has 1 aromatic heterocycles. The topological polar surface area (TPSA) is 49.7 Å². The first-order valence-electron chi connectivity index (χ1n) is 10.3. The van der Waals surface area contributed by atoms with E-state index < -0.39 is 0 Å². The number of carbonyl (C=O) groups excluding carboxylic acids is 1. The quantitative estimate of drug-likeness (QED) is 0.553. The third kappa shape index (κ3) is 3.34. The predicted octanol–water partition coefficient (Wildman–Crippen LogP) is 4.80. The van der Waals surface area contributed by atoms with Gasteiger partial charge >= 0.3 is 5.97 Å². The third-order valence-electron chi connectivity index (χ3n) is 5.82. The molecule has 0 N–H and O–H groups in total. The number of rotatable bonds is 6. The molecule has 4 rings (SSSR count). The highest BCUT2D eigenvalue weighted by atomic mass is 16.5. The molecule has 156 valence electrons. The van der Waals surface area contributed by atoms with E-state index in [1.165, 1.54) is 5.56 Å². The highest BCUT2D eigenvalue weighted by molar-refractivity contribution is 6.00. The lowest BCUT2D eigenvalue weighted by Gasteiger charge is -2.23. The third-order valence-corrected chi connectivity index (χ3v) is 5.82. The standard InChI is InChI=1S/C25H27NO4/c1-5-30-25(27)23-19(13-17-9-7-6-8-10-17)16(2)26-12-11-18-14-21(28-3)22(29-4)15-20(18)24(23)26/h6-10,14-15H,5,11-13H2,1-4H3. The van der Waals surface area contributed by atoms with Crippen LogP contribution in [0.3, 0.4) is 0 Å². The Kier molecular flexibility index (Phi) is 5.53. The van der Waals surface area contributed by atoms with Crippen molar-refractivity contribution in [2.75, 3.05) is 20.8 Å². The van der Waals surface area contributed by atoms with Crippen molar-refractivity contribution in [1.82, 2.24) is 4.57 Å². The summed E-state index contributed by atoms with van der Waals surface area (Å²) in [6, 6.07) is 14.2. The summed E-state index contributed by atoms with van der Waals surface area (Å²) < 4.78 is 18.8. The molecule has 1 aliphatic heterocycles. The fourth-order valence-corrected chi connectivity index (χ4v) is 4.37. The average Bonchev–Trinajstić information content (AvgIpc) is 3.05. The van der Waals surface area contributed by atoms with E-state index in [4.69, 9.17) is 14.2 Å². The van der Waals surface area contributed by atoms with Gasteiger partial charge in [-0.3, -0.25) is 0 Å². The molecular formula is C25H27NO4. The molecule has 0 atom stereocenters. The van der Waals surface area contributed by atoms with Gasteiger partial charge in [0.05, 0.1) is 32.1 Å². The van der Waals surface area contributed by atoms with Crippen LogP contribution >= 0.6 is 0 Å². The van der Waals surface area contributed by atoms with E-state index in [-0.39, 0.29) is 5.97 Å². The molecule has 0 amide bonds. The number of methoxy groups -OCH3 is 2. The molecule has 2 heterocycles. The molecule has 0 radical (unpaired) electrons.